The first-order chi connectivity index (χ1) is 8.54. The van der Waals surface area contributed by atoms with E-state index in [1.54, 1.807) is 6.92 Å². The predicted molar refractivity (Wildman–Crippen MR) is 69.2 cm³/mol. The Labute approximate surface area is 107 Å². The minimum atomic E-state index is -1.00. The van der Waals surface area contributed by atoms with E-state index in [1.165, 1.54) is 0 Å². The Hall–Kier alpha value is -1.84. The number of carbonyl (C=O) groups is 2. The van der Waals surface area contributed by atoms with Gasteiger partial charge in [0.15, 0.2) is 0 Å². The van der Waals surface area contributed by atoms with Crippen molar-refractivity contribution in [3.05, 3.63) is 35.9 Å². The fourth-order valence-electron chi connectivity index (χ4n) is 1.55. The Morgan fingerprint density at radius 3 is 2.39 bits per heavy atom. The number of nitrogens with one attached hydrogen (secondary N) is 1. The summed E-state index contributed by atoms with van der Waals surface area (Å²) in [6, 6.07) is 8.41. The molecule has 0 radical (unpaired) electrons. The van der Waals surface area contributed by atoms with Crippen molar-refractivity contribution >= 4 is 11.9 Å². The van der Waals surface area contributed by atoms with E-state index in [0.717, 1.165) is 5.56 Å². The second kappa shape index (κ2) is 6.79. The number of rotatable bonds is 6. The topological polar surface area (TPSA) is 66.4 Å². The summed E-state index contributed by atoms with van der Waals surface area (Å²) >= 11 is 0. The van der Waals surface area contributed by atoms with Gasteiger partial charge in [-0.15, -0.1) is 0 Å². The first-order valence-electron chi connectivity index (χ1n) is 6.11. The van der Waals surface area contributed by atoms with E-state index >= 15 is 0 Å². The summed E-state index contributed by atoms with van der Waals surface area (Å²) in [6.45, 7) is 3.69. The van der Waals surface area contributed by atoms with Gasteiger partial charge in [0.05, 0.1) is 0 Å². The zero-order valence-electron chi connectivity index (χ0n) is 10.7. The lowest BCUT2D eigenvalue weighted by atomic mass is 10.0. The number of carbonyl (C=O) groups excluding carboxylic acids is 1. The van der Waals surface area contributed by atoms with Gasteiger partial charge in [0.1, 0.15) is 6.04 Å². The van der Waals surface area contributed by atoms with Crippen LogP contribution in [0.25, 0.3) is 0 Å². The molecule has 1 aromatic rings. The van der Waals surface area contributed by atoms with E-state index in [1.807, 2.05) is 37.3 Å². The molecule has 0 saturated carbocycles. The van der Waals surface area contributed by atoms with Gasteiger partial charge < -0.3 is 10.4 Å². The second-order valence-corrected chi connectivity index (χ2v) is 4.40. The maximum atomic E-state index is 11.7. The summed E-state index contributed by atoms with van der Waals surface area (Å²) in [5.74, 6) is -1.38. The van der Waals surface area contributed by atoms with E-state index in [-0.39, 0.29) is 11.8 Å². The molecule has 1 rings (SSSR count). The van der Waals surface area contributed by atoms with Gasteiger partial charge in [-0.2, -0.15) is 0 Å². The highest BCUT2D eigenvalue weighted by molar-refractivity contribution is 5.84. The summed E-state index contributed by atoms with van der Waals surface area (Å²) in [5, 5.41) is 11.7. The van der Waals surface area contributed by atoms with Crippen LogP contribution in [0.4, 0.5) is 0 Å². The number of hydrogen-bond acceptors (Lipinski definition) is 2. The van der Waals surface area contributed by atoms with Crippen LogP contribution >= 0.6 is 0 Å². The number of hydrogen-bond donors (Lipinski definition) is 2. The van der Waals surface area contributed by atoms with Crippen LogP contribution in [0.2, 0.25) is 0 Å². The van der Waals surface area contributed by atoms with E-state index in [9.17, 15) is 9.59 Å². The van der Waals surface area contributed by atoms with Gasteiger partial charge in [0.2, 0.25) is 5.91 Å². The normalized spacial score (nSPS) is 13.7. The molecule has 0 fully saturated rings. The molecule has 18 heavy (non-hydrogen) atoms. The summed E-state index contributed by atoms with van der Waals surface area (Å²) in [6.07, 6.45) is 1.00. The van der Waals surface area contributed by atoms with E-state index in [4.69, 9.17) is 5.11 Å². The van der Waals surface area contributed by atoms with Crippen molar-refractivity contribution in [1.29, 1.82) is 0 Å². The Balaban J connectivity index is 2.67. The van der Waals surface area contributed by atoms with Gasteiger partial charge in [-0.05, 0) is 12.0 Å². The molecule has 4 nitrogen and oxygen atoms in total. The summed E-state index contributed by atoms with van der Waals surface area (Å²) < 4.78 is 0. The molecule has 0 aliphatic heterocycles. The number of benzene rings is 1. The standard InChI is InChI=1S/C14H19NO3/c1-3-10(2)13(16)15-12(14(17)18)9-11-7-5-4-6-8-11/h4-8,10,12H,3,9H2,1-2H3,(H,15,16)(H,17,18)/t10-,12+/m0/s1. The van der Waals surface area contributed by atoms with Gasteiger partial charge in [0.25, 0.3) is 0 Å². The van der Waals surface area contributed by atoms with Gasteiger partial charge in [0, 0.05) is 12.3 Å². The van der Waals surface area contributed by atoms with Gasteiger partial charge in [-0.3, -0.25) is 4.79 Å². The molecule has 4 heteroatoms. The molecule has 0 spiro atoms. The highest BCUT2D eigenvalue weighted by atomic mass is 16.4. The smallest absolute Gasteiger partial charge is 0.326 e. The lowest BCUT2D eigenvalue weighted by Gasteiger charge is -2.17. The molecular formula is C14H19NO3. The predicted octanol–water partition coefficient (Wildman–Crippen LogP) is 1.84. The SMILES string of the molecule is CC[C@H](C)C(=O)N[C@H](Cc1ccccc1)C(=O)O. The largest absolute Gasteiger partial charge is 0.480 e. The van der Waals surface area contributed by atoms with Crippen molar-refractivity contribution in [2.24, 2.45) is 5.92 Å². The monoisotopic (exact) mass is 249 g/mol. The Kier molecular flexibility index (Phi) is 5.36. The third kappa shape index (κ3) is 4.20. The molecule has 2 atom stereocenters. The molecular weight excluding hydrogens is 230 g/mol. The number of carboxylic acid groups (broad SMARTS) is 1. The van der Waals surface area contributed by atoms with Crippen molar-refractivity contribution < 1.29 is 14.7 Å². The lowest BCUT2D eigenvalue weighted by Crippen LogP contribution is -2.44. The average molecular weight is 249 g/mol. The molecule has 0 aromatic heterocycles. The van der Waals surface area contributed by atoms with E-state index in [2.05, 4.69) is 5.32 Å². The second-order valence-electron chi connectivity index (χ2n) is 4.40. The summed E-state index contributed by atoms with van der Waals surface area (Å²) in [5.41, 5.74) is 0.898. The van der Waals surface area contributed by atoms with Crippen LogP contribution in [0.15, 0.2) is 30.3 Å². The zero-order valence-corrected chi connectivity index (χ0v) is 10.7. The Morgan fingerprint density at radius 2 is 1.89 bits per heavy atom. The molecule has 0 heterocycles. The van der Waals surface area contributed by atoms with E-state index < -0.39 is 12.0 Å². The van der Waals surface area contributed by atoms with Crippen molar-refractivity contribution in [3.8, 4) is 0 Å². The van der Waals surface area contributed by atoms with Gasteiger partial charge >= 0.3 is 5.97 Å². The third-order valence-electron chi connectivity index (χ3n) is 2.96. The van der Waals surface area contributed by atoms with Crippen LogP contribution in [0.5, 0.6) is 0 Å². The molecule has 0 bridgehead atoms. The van der Waals surface area contributed by atoms with Crippen LogP contribution < -0.4 is 5.32 Å². The van der Waals surface area contributed by atoms with Crippen molar-refractivity contribution in [1.82, 2.24) is 5.32 Å². The summed E-state index contributed by atoms with van der Waals surface area (Å²) in [7, 11) is 0. The molecule has 0 unspecified atom stereocenters. The fourth-order valence-corrected chi connectivity index (χ4v) is 1.55. The van der Waals surface area contributed by atoms with Crippen molar-refractivity contribution in [3.63, 3.8) is 0 Å². The molecule has 1 amide bonds. The minimum Gasteiger partial charge on any atom is -0.480 e. The number of aliphatic carboxylic acids is 1. The molecule has 2 N–H and O–H groups in total. The Morgan fingerprint density at radius 1 is 1.28 bits per heavy atom. The van der Waals surface area contributed by atoms with Crippen LogP contribution in [-0.4, -0.2) is 23.0 Å². The lowest BCUT2D eigenvalue weighted by molar-refractivity contribution is -0.142. The maximum Gasteiger partial charge on any atom is 0.326 e. The minimum absolute atomic E-state index is 0.164. The van der Waals surface area contributed by atoms with Crippen LogP contribution in [0.1, 0.15) is 25.8 Å². The van der Waals surface area contributed by atoms with Gasteiger partial charge in [-0.25, -0.2) is 4.79 Å². The molecule has 0 saturated heterocycles. The van der Waals surface area contributed by atoms with Crippen LogP contribution in [0, 0.1) is 5.92 Å². The van der Waals surface area contributed by atoms with Crippen molar-refractivity contribution in [2.45, 2.75) is 32.7 Å². The first kappa shape index (κ1) is 14.2. The average Bonchev–Trinajstić information content (AvgIpc) is 2.37. The molecule has 1 aromatic carbocycles. The summed E-state index contributed by atoms with van der Waals surface area (Å²) in [4.78, 5) is 22.8. The number of carboxylic acids is 1. The molecule has 98 valence electrons. The van der Waals surface area contributed by atoms with E-state index in [0.29, 0.717) is 12.8 Å². The van der Waals surface area contributed by atoms with Crippen LogP contribution in [-0.2, 0) is 16.0 Å². The third-order valence-corrected chi connectivity index (χ3v) is 2.96. The molecule has 0 aliphatic rings. The molecule has 0 aliphatic carbocycles. The van der Waals surface area contributed by atoms with Gasteiger partial charge in [-0.1, -0.05) is 44.2 Å². The maximum absolute atomic E-state index is 11.7. The first-order valence-corrected chi connectivity index (χ1v) is 6.11. The highest BCUT2D eigenvalue weighted by Crippen LogP contribution is 2.06. The highest BCUT2D eigenvalue weighted by Gasteiger charge is 2.22. The fraction of sp³-hybridized carbons (Fsp3) is 0.429. The Bertz CT molecular complexity index is 403. The number of amides is 1. The quantitative estimate of drug-likeness (QED) is 0.808. The van der Waals surface area contributed by atoms with Crippen LogP contribution in [0.3, 0.4) is 0 Å². The zero-order chi connectivity index (χ0) is 13.5. The van der Waals surface area contributed by atoms with Crippen molar-refractivity contribution in [2.75, 3.05) is 0 Å².